The van der Waals surface area contributed by atoms with Gasteiger partial charge in [0.15, 0.2) is 6.61 Å². The third-order valence-corrected chi connectivity index (χ3v) is 3.61. The summed E-state index contributed by atoms with van der Waals surface area (Å²) in [6.07, 6.45) is 0. The second kappa shape index (κ2) is 8.66. The minimum Gasteiger partial charge on any atom is -0.452 e. The fourth-order valence-electron chi connectivity index (χ4n) is 2.08. The van der Waals surface area contributed by atoms with E-state index in [1.807, 2.05) is 19.1 Å². The minimum atomic E-state index is -0.629. The zero-order valence-electron chi connectivity index (χ0n) is 14.7. The summed E-state index contributed by atoms with van der Waals surface area (Å²) in [6, 6.07) is 13.5. The molecule has 0 fully saturated rings. The number of likely N-dealkylation sites (N-methyl/N-ethyl adjacent to an activating group) is 1. The van der Waals surface area contributed by atoms with Crippen LogP contribution in [0.5, 0.6) is 0 Å². The number of nitrogens with zero attached hydrogens (tertiary/aromatic N) is 1. The van der Waals surface area contributed by atoms with Gasteiger partial charge in [-0.05, 0) is 43.3 Å². The molecule has 0 atom stereocenters. The fraction of sp³-hybridized carbons (Fsp3) is 0.211. The van der Waals surface area contributed by atoms with Gasteiger partial charge in [-0.3, -0.25) is 9.59 Å². The first-order valence-electron chi connectivity index (χ1n) is 7.98. The molecule has 3 N–H and O–H groups in total. The van der Waals surface area contributed by atoms with Crippen LogP contribution in [0.15, 0.2) is 48.5 Å². The number of nitrogens with one attached hydrogen (secondary N) is 1. The van der Waals surface area contributed by atoms with E-state index < -0.39 is 18.5 Å². The zero-order valence-corrected chi connectivity index (χ0v) is 14.7. The SMILES string of the molecule is Cc1ccc(NC(=O)CN(C)C(=O)COC(=O)c2ccc(N)cc2)cc1. The number of aryl methyl sites for hydroxylation is 1. The number of benzene rings is 2. The lowest BCUT2D eigenvalue weighted by molar-refractivity contribution is -0.136. The Bertz CT molecular complexity index is 785. The highest BCUT2D eigenvalue weighted by atomic mass is 16.5. The first-order chi connectivity index (χ1) is 12.3. The summed E-state index contributed by atoms with van der Waals surface area (Å²) in [5.74, 6) is -1.45. The van der Waals surface area contributed by atoms with E-state index in [9.17, 15) is 14.4 Å². The van der Waals surface area contributed by atoms with Crippen LogP contribution in [-0.2, 0) is 14.3 Å². The largest absolute Gasteiger partial charge is 0.452 e. The maximum Gasteiger partial charge on any atom is 0.338 e. The summed E-state index contributed by atoms with van der Waals surface area (Å²) >= 11 is 0. The molecule has 0 saturated carbocycles. The van der Waals surface area contributed by atoms with Crippen molar-refractivity contribution in [3.8, 4) is 0 Å². The number of hydrogen-bond donors (Lipinski definition) is 2. The predicted molar refractivity (Wildman–Crippen MR) is 98.6 cm³/mol. The van der Waals surface area contributed by atoms with Gasteiger partial charge >= 0.3 is 5.97 Å². The molecule has 0 radical (unpaired) electrons. The summed E-state index contributed by atoms with van der Waals surface area (Å²) in [6.45, 7) is 1.35. The normalized spacial score (nSPS) is 10.1. The lowest BCUT2D eigenvalue weighted by atomic mass is 10.2. The van der Waals surface area contributed by atoms with Gasteiger partial charge in [-0.25, -0.2) is 4.79 Å². The number of anilines is 2. The Kier molecular flexibility index (Phi) is 6.32. The third-order valence-electron chi connectivity index (χ3n) is 3.61. The van der Waals surface area contributed by atoms with Crippen molar-refractivity contribution in [1.29, 1.82) is 0 Å². The maximum absolute atomic E-state index is 12.0. The quantitative estimate of drug-likeness (QED) is 0.608. The molecule has 2 aromatic carbocycles. The molecule has 0 aliphatic heterocycles. The molecule has 26 heavy (non-hydrogen) atoms. The Morgan fingerprint density at radius 3 is 2.27 bits per heavy atom. The van der Waals surface area contributed by atoms with Crippen molar-refractivity contribution in [1.82, 2.24) is 4.90 Å². The number of carbonyl (C=O) groups excluding carboxylic acids is 3. The summed E-state index contributed by atoms with van der Waals surface area (Å²) in [7, 11) is 1.47. The average Bonchev–Trinajstić information content (AvgIpc) is 2.61. The topological polar surface area (TPSA) is 102 Å². The van der Waals surface area contributed by atoms with E-state index in [0.717, 1.165) is 5.56 Å². The Hall–Kier alpha value is -3.35. The molecule has 0 bridgehead atoms. The number of nitrogens with two attached hydrogens (primary N) is 1. The smallest absolute Gasteiger partial charge is 0.338 e. The van der Waals surface area contributed by atoms with Gasteiger partial charge in [0.2, 0.25) is 5.91 Å². The number of ether oxygens (including phenoxy) is 1. The van der Waals surface area contributed by atoms with Gasteiger partial charge in [-0.1, -0.05) is 17.7 Å². The third kappa shape index (κ3) is 5.62. The van der Waals surface area contributed by atoms with Crippen LogP contribution < -0.4 is 11.1 Å². The number of amides is 2. The molecule has 2 rings (SSSR count). The molecule has 0 unspecified atom stereocenters. The van der Waals surface area contributed by atoms with Crippen molar-refractivity contribution in [3.63, 3.8) is 0 Å². The number of rotatable bonds is 6. The monoisotopic (exact) mass is 355 g/mol. The van der Waals surface area contributed by atoms with Gasteiger partial charge in [-0.2, -0.15) is 0 Å². The molecule has 0 saturated heterocycles. The highest BCUT2D eigenvalue weighted by Gasteiger charge is 2.16. The van der Waals surface area contributed by atoms with Crippen LogP contribution in [0.4, 0.5) is 11.4 Å². The molecular formula is C19H21N3O4. The summed E-state index contributed by atoms with van der Waals surface area (Å²) in [5, 5.41) is 2.70. The van der Waals surface area contributed by atoms with Crippen molar-refractivity contribution in [3.05, 3.63) is 59.7 Å². The van der Waals surface area contributed by atoms with Crippen LogP contribution in [0.25, 0.3) is 0 Å². The van der Waals surface area contributed by atoms with Gasteiger partial charge < -0.3 is 20.7 Å². The van der Waals surface area contributed by atoms with Crippen molar-refractivity contribution in [2.24, 2.45) is 0 Å². The molecule has 0 aliphatic rings. The van der Waals surface area contributed by atoms with Crippen LogP contribution >= 0.6 is 0 Å². The maximum atomic E-state index is 12.0. The van der Waals surface area contributed by atoms with E-state index in [1.54, 1.807) is 24.3 Å². The molecule has 2 amide bonds. The molecule has 0 aliphatic carbocycles. The van der Waals surface area contributed by atoms with Gasteiger partial charge in [-0.15, -0.1) is 0 Å². The lowest BCUT2D eigenvalue weighted by Crippen LogP contribution is -2.37. The van der Waals surface area contributed by atoms with E-state index >= 15 is 0 Å². The molecular weight excluding hydrogens is 334 g/mol. The number of carbonyl (C=O) groups is 3. The summed E-state index contributed by atoms with van der Waals surface area (Å²) in [5.41, 5.74) is 8.10. The Morgan fingerprint density at radius 1 is 1.04 bits per heavy atom. The van der Waals surface area contributed by atoms with E-state index in [1.165, 1.54) is 24.1 Å². The van der Waals surface area contributed by atoms with Gasteiger partial charge in [0.05, 0.1) is 12.1 Å². The highest BCUT2D eigenvalue weighted by Crippen LogP contribution is 2.09. The van der Waals surface area contributed by atoms with Crippen LogP contribution in [0.2, 0.25) is 0 Å². The van der Waals surface area contributed by atoms with Crippen molar-refractivity contribution >= 4 is 29.2 Å². The molecule has 7 nitrogen and oxygen atoms in total. The second-order valence-corrected chi connectivity index (χ2v) is 5.86. The van der Waals surface area contributed by atoms with Crippen molar-refractivity contribution in [2.75, 3.05) is 31.2 Å². The molecule has 0 spiro atoms. The molecule has 136 valence electrons. The van der Waals surface area contributed by atoms with E-state index in [2.05, 4.69) is 5.32 Å². The molecule has 7 heteroatoms. The minimum absolute atomic E-state index is 0.147. The van der Waals surface area contributed by atoms with Crippen molar-refractivity contribution < 1.29 is 19.1 Å². The van der Waals surface area contributed by atoms with E-state index in [0.29, 0.717) is 16.9 Å². The Balaban J connectivity index is 1.79. The zero-order chi connectivity index (χ0) is 19.1. The summed E-state index contributed by atoms with van der Waals surface area (Å²) < 4.78 is 4.96. The average molecular weight is 355 g/mol. The number of nitrogen functional groups attached to an aromatic ring is 1. The number of esters is 1. The Morgan fingerprint density at radius 2 is 1.65 bits per heavy atom. The second-order valence-electron chi connectivity index (χ2n) is 5.86. The van der Waals surface area contributed by atoms with Crippen LogP contribution in [-0.4, -0.2) is 42.9 Å². The Labute approximate surface area is 151 Å². The predicted octanol–water partition coefficient (Wildman–Crippen LogP) is 1.83. The highest BCUT2D eigenvalue weighted by molar-refractivity contribution is 5.95. The van der Waals surface area contributed by atoms with Gasteiger partial charge in [0.25, 0.3) is 5.91 Å². The molecule has 0 heterocycles. The van der Waals surface area contributed by atoms with Crippen molar-refractivity contribution in [2.45, 2.75) is 6.92 Å². The molecule has 0 aromatic heterocycles. The van der Waals surface area contributed by atoms with Gasteiger partial charge in [0.1, 0.15) is 0 Å². The lowest BCUT2D eigenvalue weighted by Gasteiger charge is -2.17. The summed E-state index contributed by atoms with van der Waals surface area (Å²) in [4.78, 5) is 37.0. The molecule has 2 aromatic rings. The first-order valence-corrected chi connectivity index (χ1v) is 7.98. The van der Waals surface area contributed by atoms with E-state index in [-0.39, 0.29) is 12.5 Å². The standard InChI is InChI=1S/C19H21N3O4/c1-13-3-9-16(10-4-13)21-17(23)11-22(2)18(24)12-26-19(25)14-5-7-15(20)8-6-14/h3-10H,11-12,20H2,1-2H3,(H,21,23). The van der Waals surface area contributed by atoms with Crippen LogP contribution in [0.1, 0.15) is 15.9 Å². The fourth-order valence-corrected chi connectivity index (χ4v) is 2.08. The first kappa shape index (κ1) is 19.0. The van der Waals surface area contributed by atoms with Crippen LogP contribution in [0, 0.1) is 6.92 Å². The van der Waals surface area contributed by atoms with Gasteiger partial charge in [0, 0.05) is 18.4 Å². The van der Waals surface area contributed by atoms with Crippen LogP contribution in [0.3, 0.4) is 0 Å². The van der Waals surface area contributed by atoms with E-state index in [4.69, 9.17) is 10.5 Å². The number of hydrogen-bond acceptors (Lipinski definition) is 5.